The van der Waals surface area contributed by atoms with Gasteiger partial charge in [0.15, 0.2) is 5.78 Å². The van der Waals surface area contributed by atoms with E-state index in [0.717, 1.165) is 42.0 Å². The van der Waals surface area contributed by atoms with Crippen LogP contribution in [0.15, 0.2) is 89.2 Å². The van der Waals surface area contributed by atoms with Crippen LogP contribution in [0.25, 0.3) is 44.3 Å². The van der Waals surface area contributed by atoms with E-state index in [1.807, 2.05) is 45.9 Å². The monoisotopic (exact) mass is 892 g/mol. The van der Waals surface area contributed by atoms with E-state index in [9.17, 15) is 23.1 Å². The Morgan fingerprint density at radius 3 is 2.15 bits per heavy atom. The zero-order valence-electron chi connectivity index (χ0n) is 32.4. The number of alkyl halides is 3. The predicted octanol–water partition coefficient (Wildman–Crippen LogP) is 13.2. The van der Waals surface area contributed by atoms with Crippen molar-refractivity contribution in [3.8, 4) is 22.6 Å². The Hall–Kier alpha value is -3.74. The molecule has 0 saturated heterocycles. The molecule has 0 aliphatic heterocycles. The summed E-state index contributed by atoms with van der Waals surface area (Å²) in [4.78, 5) is 16.3. The van der Waals surface area contributed by atoms with Gasteiger partial charge in [0.2, 0.25) is 0 Å². The molecule has 3 aromatic carbocycles. The van der Waals surface area contributed by atoms with Gasteiger partial charge in [0.05, 0.1) is 12.5 Å². The number of carbonyl (C=O) groups is 1. The first-order valence-corrected chi connectivity index (χ1v) is 18.0. The molecule has 1 N–H and O–H groups in total. The number of hydrogen-bond acceptors (Lipinski definition) is 4. The van der Waals surface area contributed by atoms with Crippen LogP contribution in [0, 0.1) is 23.3 Å². The summed E-state index contributed by atoms with van der Waals surface area (Å²) < 4.78 is 54.9. The molecule has 0 saturated carbocycles. The number of aliphatic hydroxyl groups excluding tert-OH is 1. The van der Waals surface area contributed by atoms with Gasteiger partial charge in [0.1, 0.15) is 11.3 Å². The Morgan fingerprint density at radius 1 is 0.962 bits per heavy atom. The van der Waals surface area contributed by atoms with Crippen LogP contribution in [-0.2, 0) is 31.3 Å². The molecule has 0 aliphatic rings. The fourth-order valence-corrected chi connectivity index (χ4v) is 6.25. The minimum Gasteiger partial charge on any atom is -0.512 e. The van der Waals surface area contributed by atoms with E-state index in [1.165, 1.54) is 25.5 Å². The molecule has 1 radical (unpaired) electrons. The molecular weight excluding hydrogens is 840 g/mol. The second-order valence-corrected chi connectivity index (χ2v) is 14.2. The van der Waals surface area contributed by atoms with Crippen LogP contribution in [-0.4, -0.2) is 22.1 Å². The SMILES string of the molecule is CCC(CC)C(=O)/C=C(\O)C(CC)CC.[2H]c1c(-c2ccc(CC(C)(C)C(F)(F)F)cc2)oc2c(-c3[c-]c4ccccc4c(C(C)C)c3)nccc12.[Ir]. The van der Waals surface area contributed by atoms with Gasteiger partial charge >= 0.3 is 6.18 Å². The van der Waals surface area contributed by atoms with Crippen LogP contribution in [0.1, 0.15) is 99.5 Å². The number of aromatic nitrogens is 1. The van der Waals surface area contributed by atoms with Crippen molar-refractivity contribution in [2.24, 2.45) is 17.3 Å². The molecular formula is C44H51F3IrNO3-. The van der Waals surface area contributed by atoms with Gasteiger partial charge in [-0.15, -0.1) is 29.1 Å². The Bertz CT molecular complexity index is 2010. The van der Waals surface area contributed by atoms with E-state index in [4.69, 9.17) is 5.79 Å². The average molecular weight is 892 g/mol. The first kappa shape index (κ1) is 41.0. The number of carbonyl (C=O) groups excluding carboxylic acids is 1. The van der Waals surface area contributed by atoms with Crippen molar-refractivity contribution in [1.29, 1.82) is 0 Å². The van der Waals surface area contributed by atoms with E-state index in [-0.39, 0.29) is 61.9 Å². The van der Waals surface area contributed by atoms with Crippen LogP contribution >= 0.6 is 0 Å². The minimum atomic E-state index is -4.29. The minimum absolute atomic E-state index is 0. The van der Waals surface area contributed by atoms with Gasteiger partial charge in [0.25, 0.3) is 0 Å². The number of halogens is 3. The molecule has 2 heterocycles. The van der Waals surface area contributed by atoms with Crippen molar-refractivity contribution >= 4 is 27.5 Å². The van der Waals surface area contributed by atoms with E-state index in [1.54, 1.807) is 36.5 Å². The maximum absolute atomic E-state index is 13.3. The molecule has 5 aromatic rings. The number of furan rings is 1. The first-order chi connectivity index (χ1) is 24.6. The molecule has 5 rings (SSSR count). The summed E-state index contributed by atoms with van der Waals surface area (Å²) in [6, 6.07) is 22.4. The van der Waals surface area contributed by atoms with Crippen LogP contribution in [0.4, 0.5) is 13.2 Å². The molecule has 0 fully saturated rings. The van der Waals surface area contributed by atoms with Gasteiger partial charge in [-0.3, -0.25) is 9.78 Å². The summed E-state index contributed by atoms with van der Waals surface area (Å²) in [6.07, 6.45) is 2.14. The number of rotatable bonds is 12. The van der Waals surface area contributed by atoms with Crippen LogP contribution in [0.5, 0.6) is 0 Å². The fraction of sp³-hybridized carbons (Fsp3) is 0.409. The number of ketones is 1. The maximum Gasteiger partial charge on any atom is 0.394 e. The smallest absolute Gasteiger partial charge is 0.394 e. The Kier molecular flexibility index (Phi) is 14.5. The Balaban J connectivity index is 0.000000403. The fourth-order valence-electron chi connectivity index (χ4n) is 6.25. The average Bonchev–Trinajstić information content (AvgIpc) is 3.45. The molecule has 4 nitrogen and oxygen atoms in total. The van der Waals surface area contributed by atoms with Gasteiger partial charge in [0, 0.05) is 60.9 Å². The standard InChI is InChI=1S/C31H27F3NO.C13H24O2.Ir/c1-19(2)26-16-24(15-22-7-5-6-8-25(22)26)28-29-23(13-14-35-28)17-27(36-29)21-11-9-20(10-12-21)18-30(3,4)31(32,33)34;1-5-10(6-2)12(14)9-13(15)11(7-3)8-4;/h5-14,16-17,19H,18H2,1-4H3;9-11,14H,5-8H2,1-4H3;/q-1;;/b;12-9-;/i17D;;. The third-order valence-corrected chi connectivity index (χ3v) is 9.75. The van der Waals surface area contributed by atoms with E-state index in [2.05, 4.69) is 37.0 Å². The van der Waals surface area contributed by atoms with E-state index >= 15 is 0 Å². The van der Waals surface area contributed by atoms with E-state index < -0.39 is 11.6 Å². The summed E-state index contributed by atoms with van der Waals surface area (Å²) in [7, 11) is 0. The second-order valence-electron chi connectivity index (χ2n) is 14.2. The molecule has 0 bridgehead atoms. The number of benzene rings is 3. The quantitative estimate of drug-likeness (QED) is 0.0770. The van der Waals surface area contributed by atoms with Gasteiger partial charge in [-0.2, -0.15) is 13.2 Å². The molecule has 8 heteroatoms. The predicted molar refractivity (Wildman–Crippen MR) is 203 cm³/mol. The topological polar surface area (TPSA) is 63.3 Å². The van der Waals surface area contributed by atoms with Crippen molar-refractivity contribution in [2.45, 2.75) is 99.6 Å². The maximum atomic E-state index is 13.3. The number of nitrogens with zero attached hydrogens (tertiary/aromatic N) is 1. The van der Waals surface area contributed by atoms with Gasteiger partial charge < -0.3 is 9.52 Å². The number of aliphatic hydroxyl groups is 1. The molecule has 0 aliphatic carbocycles. The second kappa shape index (κ2) is 18.3. The molecule has 0 spiro atoms. The number of pyridine rings is 1. The van der Waals surface area contributed by atoms with Crippen LogP contribution < -0.4 is 0 Å². The third kappa shape index (κ3) is 10.0. The molecule has 52 heavy (non-hydrogen) atoms. The molecule has 0 unspecified atom stereocenters. The van der Waals surface area contributed by atoms with Gasteiger partial charge in [-0.25, -0.2) is 0 Å². The number of hydrogen-bond donors (Lipinski definition) is 1. The normalized spacial score (nSPS) is 12.7. The van der Waals surface area contributed by atoms with Gasteiger partial charge in [-0.05, 0) is 55.7 Å². The first-order valence-electron chi connectivity index (χ1n) is 18.5. The summed E-state index contributed by atoms with van der Waals surface area (Å²) >= 11 is 0. The van der Waals surface area contributed by atoms with Crippen molar-refractivity contribution in [2.75, 3.05) is 0 Å². The van der Waals surface area contributed by atoms with Crippen molar-refractivity contribution in [1.82, 2.24) is 4.98 Å². The molecule has 281 valence electrons. The molecule has 0 atom stereocenters. The largest absolute Gasteiger partial charge is 0.512 e. The summed E-state index contributed by atoms with van der Waals surface area (Å²) in [6.45, 7) is 14.8. The third-order valence-electron chi connectivity index (χ3n) is 9.75. The Morgan fingerprint density at radius 2 is 1.58 bits per heavy atom. The van der Waals surface area contributed by atoms with Crippen molar-refractivity contribution in [3.63, 3.8) is 0 Å². The van der Waals surface area contributed by atoms with Crippen molar-refractivity contribution < 1.29 is 49.0 Å². The van der Waals surface area contributed by atoms with E-state index in [0.29, 0.717) is 33.6 Å². The van der Waals surface area contributed by atoms with Crippen LogP contribution in [0.3, 0.4) is 0 Å². The summed E-state index contributed by atoms with van der Waals surface area (Å²) in [5, 5.41) is 12.5. The summed E-state index contributed by atoms with van der Waals surface area (Å²) in [5.41, 5.74) is 2.44. The zero-order chi connectivity index (χ0) is 38.4. The molecule has 2 aromatic heterocycles. The van der Waals surface area contributed by atoms with Gasteiger partial charge in [-0.1, -0.05) is 109 Å². The van der Waals surface area contributed by atoms with Crippen molar-refractivity contribution in [3.05, 3.63) is 102 Å². The number of fused-ring (bicyclic) bond motifs is 2. The Labute approximate surface area is 321 Å². The summed E-state index contributed by atoms with van der Waals surface area (Å²) in [5.74, 6) is 1.19. The number of allylic oxidation sites excluding steroid dienone is 2. The molecule has 0 amide bonds. The zero-order valence-corrected chi connectivity index (χ0v) is 33.8. The van der Waals surface area contributed by atoms with Crippen LogP contribution in [0.2, 0.25) is 0 Å².